The number of amidine groups is 1. The number of carbonyl (C=O) groups excluding carboxylic acids is 4. The Bertz CT molecular complexity index is 987. The van der Waals surface area contributed by atoms with Crippen LogP contribution in [-0.4, -0.2) is 110 Å². The number of amides is 3. The maximum Gasteiger partial charge on any atom is 0.351 e. The Morgan fingerprint density at radius 1 is 1.18 bits per heavy atom. The first-order valence-corrected chi connectivity index (χ1v) is 14.4. The largest absolute Gasteiger partial charge is 0.483 e. The van der Waals surface area contributed by atoms with Gasteiger partial charge < -0.3 is 31.6 Å². The van der Waals surface area contributed by atoms with Crippen LogP contribution >= 0.6 is 0 Å². The molecule has 0 saturated carbocycles. The summed E-state index contributed by atoms with van der Waals surface area (Å²) in [6.07, 6.45) is 3.09. The minimum Gasteiger partial charge on any atom is -0.483 e. The Morgan fingerprint density at radius 2 is 1.75 bits per heavy atom. The van der Waals surface area contributed by atoms with Gasteiger partial charge in [0.1, 0.15) is 6.29 Å². The fourth-order valence-electron chi connectivity index (χ4n) is 3.25. The van der Waals surface area contributed by atoms with Gasteiger partial charge in [-0.2, -0.15) is 4.90 Å². The second kappa shape index (κ2) is 30.1. The number of aliphatic imine (C=N–C) groups is 1. The van der Waals surface area contributed by atoms with Crippen molar-refractivity contribution in [2.75, 3.05) is 46.9 Å². The highest BCUT2D eigenvalue weighted by molar-refractivity contribution is 6.04. The molecule has 0 fully saturated rings. The molecule has 1 aliphatic heterocycles. The molecule has 1 aromatic rings. The van der Waals surface area contributed by atoms with E-state index in [-0.39, 0.29) is 51.0 Å². The van der Waals surface area contributed by atoms with Crippen molar-refractivity contribution < 1.29 is 38.9 Å². The van der Waals surface area contributed by atoms with Crippen LogP contribution in [-0.2, 0) is 35.2 Å². The van der Waals surface area contributed by atoms with Gasteiger partial charge in [-0.25, -0.2) is 10.3 Å². The lowest BCUT2D eigenvalue weighted by Gasteiger charge is -2.26. The van der Waals surface area contributed by atoms with Crippen molar-refractivity contribution >= 4 is 42.3 Å². The van der Waals surface area contributed by atoms with Gasteiger partial charge in [-0.3, -0.25) is 29.2 Å². The van der Waals surface area contributed by atoms with Gasteiger partial charge >= 0.3 is 5.91 Å². The average molecular weight is 626 g/mol. The van der Waals surface area contributed by atoms with E-state index in [1.165, 1.54) is 23.3 Å². The molecule has 8 N–H and O–H groups in total. The number of hydrogen-bond acceptors (Lipinski definition) is 8. The SMILES string of the molecule is CC.CCC.CCCN=C(N)N.CNOCC1=[NH+]CC(=O)N1C(Cc1ccccc1)C(=O)N(C)CC(=O)NCC=O.O=CO. The predicted octanol–water partition coefficient (Wildman–Crippen LogP) is -1.34. The summed E-state index contributed by atoms with van der Waals surface area (Å²) in [5.74, 6) is -0.457. The van der Waals surface area contributed by atoms with Crippen LogP contribution in [0.15, 0.2) is 35.3 Å². The molecule has 1 unspecified atom stereocenters. The van der Waals surface area contributed by atoms with Crippen molar-refractivity contribution in [2.45, 2.75) is 59.9 Å². The minimum absolute atomic E-state index is 0.0600. The van der Waals surface area contributed by atoms with Gasteiger partial charge in [0.05, 0.1) is 13.1 Å². The number of hydrogen-bond donors (Lipinski definition) is 6. The van der Waals surface area contributed by atoms with Crippen LogP contribution in [0, 0.1) is 0 Å². The van der Waals surface area contributed by atoms with Crippen LogP contribution in [0.2, 0.25) is 0 Å². The quantitative estimate of drug-likeness (QED) is 0.0655. The molecule has 15 nitrogen and oxygen atoms in total. The van der Waals surface area contributed by atoms with Crippen molar-refractivity contribution in [3.05, 3.63) is 35.9 Å². The molecule has 0 aromatic heterocycles. The van der Waals surface area contributed by atoms with Gasteiger partial charge in [0, 0.05) is 27.1 Å². The first-order valence-electron chi connectivity index (χ1n) is 14.4. The van der Waals surface area contributed by atoms with Crippen LogP contribution in [0.3, 0.4) is 0 Å². The smallest absolute Gasteiger partial charge is 0.351 e. The van der Waals surface area contributed by atoms with Crippen molar-refractivity contribution in [3.8, 4) is 0 Å². The number of nitrogens with zero attached hydrogens (tertiary/aromatic N) is 3. The minimum atomic E-state index is -0.848. The second-order valence-electron chi connectivity index (χ2n) is 8.55. The zero-order valence-corrected chi connectivity index (χ0v) is 27.2. The molecule has 0 spiro atoms. The highest BCUT2D eigenvalue weighted by Gasteiger charge is 2.45. The lowest BCUT2D eigenvalue weighted by molar-refractivity contribution is -0.440. The fourth-order valence-corrected chi connectivity index (χ4v) is 3.25. The van der Waals surface area contributed by atoms with E-state index in [1.807, 2.05) is 51.1 Å². The summed E-state index contributed by atoms with van der Waals surface area (Å²) < 4.78 is 0. The van der Waals surface area contributed by atoms with E-state index in [9.17, 15) is 19.2 Å². The highest BCUT2D eigenvalue weighted by Crippen LogP contribution is 2.13. The number of guanidine groups is 1. The summed E-state index contributed by atoms with van der Waals surface area (Å²) in [4.78, 5) is 70.9. The molecule has 0 radical (unpaired) electrons. The Morgan fingerprint density at radius 3 is 2.20 bits per heavy atom. The Kier molecular flexibility index (Phi) is 30.2. The lowest BCUT2D eigenvalue weighted by Crippen LogP contribution is -2.72. The van der Waals surface area contributed by atoms with E-state index in [4.69, 9.17) is 26.2 Å². The van der Waals surface area contributed by atoms with Crippen LogP contribution < -0.4 is 27.3 Å². The molecular formula is C29H53N8O7+. The number of rotatable bonds is 13. The van der Waals surface area contributed by atoms with Gasteiger partial charge in [0.25, 0.3) is 18.2 Å². The number of carbonyl (C=O) groups is 5. The fraction of sp³-hybridized carbons (Fsp3) is 0.552. The first kappa shape index (κ1) is 44.1. The third-order valence-electron chi connectivity index (χ3n) is 4.88. The van der Waals surface area contributed by atoms with E-state index < -0.39 is 17.9 Å². The summed E-state index contributed by atoms with van der Waals surface area (Å²) in [6.45, 7) is 10.5. The Hall–Kier alpha value is -4.37. The zero-order chi connectivity index (χ0) is 34.3. The monoisotopic (exact) mass is 625 g/mol. The number of hydroxylamine groups is 1. The maximum atomic E-state index is 13.2. The summed E-state index contributed by atoms with van der Waals surface area (Å²) >= 11 is 0. The molecule has 0 aliphatic carbocycles. The highest BCUT2D eigenvalue weighted by atomic mass is 16.6. The van der Waals surface area contributed by atoms with E-state index in [2.05, 4.69) is 34.6 Å². The van der Waals surface area contributed by atoms with Gasteiger partial charge in [0.15, 0.2) is 25.2 Å². The molecular weight excluding hydrogens is 572 g/mol. The van der Waals surface area contributed by atoms with Gasteiger partial charge in [-0.1, -0.05) is 71.4 Å². The topological polar surface area (TPSA) is 224 Å². The van der Waals surface area contributed by atoms with Crippen LogP contribution in [0.1, 0.15) is 53.0 Å². The number of likely N-dealkylation sites (N-methyl/N-ethyl adjacent to an activating group) is 1. The first-order chi connectivity index (χ1) is 21.1. The standard InChI is InChI=1S/C19H25N5O5.C4H11N3.C3H8.C2H6.CH2O2/c1-20-29-13-16-22-11-18(27)24(16)15(10-14-6-4-3-5-7-14)19(28)23(2)12-17(26)21-8-9-25;1-2-3-7-4(5)6;1-3-2;1-2;2-1-3/h3-7,9,15,20H,8,10-13H2,1-2H3,(H,21,26);2-3H2,1H3,(H4,5,6,7);3H2,1-2H3;1-2H3;1H,(H,2,3)/p+1. The molecule has 15 heteroatoms. The molecule has 44 heavy (non-hydrogen) atoms. The van der Waals surface area contributed by atoms with E-state index >= 15 is 0 Å². The molecule has 0 bridgehead atoms. The normalized spacial score (nSPS) is 11.6. The number of benzene rings is 1. The molecule has 1 heterocycles. The molecule has 2 rings (SSSR count). The maximum absolute atomic E-state index is 13.2. The molecule has 3 amide bonds. The molecule has 1 atom stereocenters. The van der Waals surface area contributed by atoms with Crippen LogP contribution in [0.4, 0.5) is 0 Å². The third kappa shape index (κ3) is 21.4. The predicted molar refractivity (Wildman–Crippen MR) is 170 cm³/mol. The van der Waals surface area contributed by atoms with Crippen molar-refractivity contribution in [1.29, 1.82) is 0 Å². The number of nitrogens with one attached hydrogen (secondary N) is 3. The summed E-state index contributed by atoms with van der Waals surface area (Å²) in [5.41, 5.74) is 13.4. The molecule has 0 saturated heterocycles. The molecule has 1 aliphatic rings. The summed E-state index contributed by atoms with van der Waals surface area (Å²) in [7, 11) is 3.08. The van der Waals surface area contributed by atoms with Gasteiger partial charge in [-0.05, 0) is 12.0 Å². The summed E-state index contributed by atoms with van der Waals surface area (Å²) in [6, 6.07) is 8.46. The number of aldehydes is 1. The van der Waals surface area contributed by atoms with E-state index in [0.29, 0.717) is 12.1 Å². The summed E-state index contributed by atoms with van der Waals surface area (Å²) in [5, 5.41) is 9.28. The Balaban J connectivity index is -0.000000936. The second-order valence-corrected chi connectivity index (χ2v) is 8.55. The van der Waals surface area contributed by atoms with Crippen molar-refractivity contribution in [2.24, 2.45) is 16.5 Å². The lowest BCUT2D eigenvalue weighted by atomic mass is 10.0. The van der Waals surface area contributed by atoms with Crippen LogP contribution in [0.25, 0.3) is 0 Å². The zero-order valence-electron chi connectivity index (χ0n) is 27.2. The molecule has 1 aromatic carbocycles. The Labute approximate surface area is 261 Å². The van der Waals surface area contributed by atoms with E-state index in [1.54, 1.807) is 7.05 Å². The van der Waals surface area contributed by atoms with Crippen molar-refractivity contribution in [1.82, 2.24) is 20.6 Å². The third-order valence-corrected chi connectivity index (χ3v) is 4.88. The average Bonchev–Trinajstić information content (AvgIpc) is 3.38. The molecule has 250 valence electrons. The van der Waals surface area contributed by atoms with Crippen molar-refractivity contribution in [3.63, 3.8) is 0 Å². The van der Waals surface area contributed by atoms with Gasteiger partial charge in [-0.15, -0.1) is 0 Å². The number of carboxylic acid groups (broad SMARTS) is 1. The van der Waals surface area contributed by atoms with E-state index in [0.717, 1.165) is 18.5 Å². The number of nitrogens with two attached hydrogens (primary N) is 2. The van der Waals surface area contributed by atoms with Gasteiger partial charge in [0.2, 0.25) is 5.91 Å². The van der Waals surface area contributed by atoms with Crippen LogP contribution in [0.5, 0.6) is 0 Å².